The smallest absolute Gasteiger partial charge is 0.243 e. The number of alkyl halides is 1. The molecule has 0 saturated carbocycles. The number of hydrogen-bond donors (Lipinski definition) is 0. The predicted octanol–water partition coefficient (Wildman–Crippen LogP) is 3.94. The molecule has 1 aromatic carbocycles. The zero-order valence-electron chi connectivity index (χ0n) is 10.2. The molecule has 3 rings (SSSR count). The molecule has 0 bridgehead atoms. The maximum atomic E-state index is 5.97. The molecule has 0 aliphatic heterocycles. The second-order valence-corrected chi connectivity index (χ2v) is 4.97. The quantitative estimate of drug-likeness (QED) is 0.684. The summed E-state index contributed by atoms with van der Waals surface area (Å²) in [5.41, 5.74) is 0.855. The first kappa shape index (κ1) is 12.3. The van der Waals surface area contributed by atoms with E-state index < -0.39 is 0 Å². The number of rotatable bonds is 4. The summed E-state index contributed by atoms with van der Waals surface area (Å²) in [7, 11) is 1.63. The highest BCUT2D eigenvalue weighted by Gasteiger charge is 2.14. The first-order chi connectivity index (χ1) is 9.31. The lowest BCUT2D eigenvalue weighted by Crippen LogP contribution is -1.91. The SMILES string of the molecule is COc1ccc(Oc2nc3sccn3c2CCl)cc1. The summed E-state index contributed by atoms with van der Waals surface area (Å²) < 4.78 is 12.8. The van der Waals surface area contributed by atoms with Crippen molar-refractivity contribution in [1.29, 1.82) is 0 Å². The molecule has 0 saturated heterocycles. The molecule has 0 aliphatic rings. The molecule has 0 fully saturated rings. The van der Waals surface area contributed by atoms with E-state index in [2.05, 4.69) is 4.98 Å². The van der Waals surface area contributed by atoms with Gasteiger partial charge in [0.25, 0.3) is 0 Å². The highest BCUT2D eigenvalue weighted by atomic mass is 35.5. The number of fused-ring (bicyclic) bond motifs is 1. The number of imidazole rings is 1. The number of halogens is 1. The normalized spacial score (nSPS) is 10.8. The van der Waals surface area contributed by atoms with Gasteiger partial charge in [-0.1, -0.05) is 0 Å². The summed E-state index contributed by atoms with van der Waals surface area (Å²) in [5.74, 6) is 2.39. The number of thiazole rings is 1. The van der Waals surface area contributed by atoms with E-state index in [1.54, 1.807) is 18.4 Å². The molecule has 0 amide bonds. The molecule has 0 aliphatic carbocycles. The van der Waals surface area contributed by atoms with E-state index in [9.17, 15) is 0 Å². The van der Waals surface area contributed by atoms with Crippen molar-refractivity contribution in [2.75, 3.05) is 7.11 Å². The number of methoxy groups -OCH3 is 1. The summed E-state index contributed by atoms with van der Waals surface area (Å²) in [6.07, 6.45) is 1.94. The number of ether oxygens (including phenoxy) is 2. The molecule has 0 radical (unpaired) electrons. The standard InChI is InChI=1S/C13H11ClN2O2S/c1-17-9-2-4-10(5-3-9)18-12-11(8-14)16-6-7-19-13(16)15-12/h2-7H,8H2,1H3. The van der Waals surface area contributed by atoms with Gasteiger partial charge in [-0.2, -0.15) is 4.98 Å². The Morgan fingerprint density at radius 3 is 2.68 bits per heavy atom. The Bertz CT molecular complexity index is 690. The van der Waals surface area contributed by atoms with Crippen molar-refractivity contribution in [3.63, 3.8) is 0 Å². The minimum Gasteiger partial charge on any atom is -0.497 e. The number of benzene rings is 1. The Hall–Kier alpha value is -1.72. The van der Waals surface area contributed by atoms with Crippen LogP contribution >= 0.6 is 22.9 Å². The lowest BCUT2D eigenvalue weighted by molar-refractivity contribution is 0.412. The van der Waals surface area contributed by atoms with Crippen molar-refractivity contribution in [2.45, 2.75) is 5.88 Å². The minimum absolute atomic E-state index is 0.351. The van der Waals surface area contributed by atoms with Gasteiger partial charge in [0.15, 0.2) is 4.96 Å². The van der Waals surface area contributed by atoms with Crippen LogP contribution in [0, 0.1) is 0 Å². The van der Waals surface area contributed by atoms with Crippen molar-refractivity contribution in [3.8, 4) is 17.4 Å². The van der Waals surface area contributed by atoms with Crippen molar-refractivity contribution >= 4 is 27.9 Å². The van der Waals surface area contributed by atoms with Gasteiger partial charge in [-0.05, 0) is 24.3 Å². The molecule has 3 aromatic rings. The monoisotopic (exact) mass is 294 g/mol. The van der Waals surface area contributed by atoms with Crippen LogP contribution in [-0.2, 0) is 5.88 Å². The fourth-order valence-corrected chi connectivity index (χ4v) is 2.74. The van der Waals surface area contributed by atoms with Crippen LogP contribution < -0.4 is 9.47 Å². The molecule has 19 heavy (non-hydrogen) atoms. The lowest BCUT2D eigenvalue weighted by atomic mass is 10.3. The predicted molar refractivity (Wildman–Crippen MR) is 75.7 cm³/mol. The number of aromatic nitrogens is 2. The Kier molecular flexibility index (Phi) is 3.31. The van der Waals surface area contributed by atoms with Gasteiger partial charge in [0.2, 0.25) is 5.88 Å². The van der Waals surface area contributed by atoms with Gasteiger partial charge in [-0.25, -0.2) is 0 Å². The number of nitrogens with zero attached hydrogens (tertiary/aromatic N) is 2. The van der Waals surface area contributed by atoms with Crippen LogP contribution in [0.2, 0.25) is 0 Å². The summed E-state index contributed by atoms with van der Waals surface area (Å²) in [5, 5.41) is 1.97. The Morgan fingerprint density at radius 2 is 2.00 bits per heavy atom. The van der Waals surface area contributed by atoms with Gasteiger partial charge in [0.1, 0.15) is 17.2 Å². The van der Waals surface area contributed by atoms with Crippen LogP contribution in [0.25, 0.3) is 4.96 Å². The lowest BCUT2D eigenvalue weighted by Gasteiger charge is -2.05. The third-order valence-electron chi connectivity index (χ3n) is 2.72. The van der Waals surface area contributed by atoms with E-state index >= 15 is 0 Å². The summed E-state index contributed by atoms with van der Waals surface area (Å²) >= 11 is 7.51. The van der Waals surface area contributed by atoms with Gasteiger partial charge < -0.3 is 9.47 Å². The Morgan fingerprint density at radius 1 is 1.26 bits per heavy atom. The zero-order valence-corrected chi connectivity index (χ0v) is 11.7. The van der Waals surface area contributed by atoms with Crippen molar-refractivity contribution in [1.82, 2.24) is 9.38 Å². The van der Waals surface area contributed by atoms with E-state index in [1.165, 1.54) is 0 Å². The second kappa shape index (κ2) is 5.11. The first-order valence-corrected chi connectivity index (χ1v) is 7.05. The van der Waals surface area contributed by atoms with E-state index in [-0.39, 0.29) is 0 Å². The van der Waals surface area contributed by atoms with Crippen LogP contribution in [0.3, 0.4) is 0 Å². The largest absolute Gasteiger partial charge is 0.497 e. The van der Waals surface area contributed by atoms with Crippen molar-refractivity contribution in [3.05, 3.63) is 41.5 Å². The van der Waals surface area contributed by atoms with Gasteiger partial charge >= 0.3 is 0 Å². The van der Waals surface area contributed by atoms with Crippen molar-refractivity contribution < 1.29 is 9.47 Å². The molecule has 2 aromatic heterocycles. The third kappa shape index (κ3) is 2.27. The molecule has 98 valence electrons. The first-order valence-electron chi connectivity index (χ1n) is 5.64. The van der Waals surface area contributed by atoms with E-state index in [0.717, 1.165) is 16.4 Å². The maximum Gasteiger partial charge on any atom is 0.243 e. The number of hydrogen-bond acceptors (Lipinski definition) is 4. The maximum absolute atomic E-state index is 5.97. The van der Waals surface area contributed by atoms with Gasteiger partial charge in [0.05, 0.1) is 13.0 Å². The molecule has 0 spiro atoms. The topological polar surface area (TPSA) is 35.8 Å². The third-order valence-corrected chi connectivity index (χ3v) is 3.73. The molecule has 4 nitrogen and oxygen atoms in total. The van der Waals surface area contributed by atoms with Crippen LogP contribution in [0.1, 0.15) is 5.69 Å². The molecule has 0 atom stereocenters. The summed E-state index contributed by atoms with van der Waals surface area (Å²) in [6.45, 7) is 0. The molecular formula is C13H11ClN2O2S. The molecule has 0 N–H and O–H groups in total. The van der Waals surface area contributed by atoms with Crippen LogP contribution in [-0.4, -0.2) is 16.5 Å². The highest BCUT2D eigenvalue weighted by Crippen LogP contribution is 2.29. The van der Waals surface area contributed by atoms with Crippen molar-refractivity contribution in [2.24, 2.45) is 0 Å². The van der Waals surface area contributed by atoms with E-state index in [1.807, 2.05) is 40.2 Å². The fraction of sp³-hybridized carbons (Fsp3) is 0.154. The average molecular weight is 295 g/mol. The molecule has 0 unspecified atom stereocenters. The van der Waals surface area contributed by atoms with E-state index in [4.69, 9.17) is 21.1 Å². The summed E-state index contributed by atoms with van der Waals surface area (Å²) in [6, 6.07) is 7.36. The molecular weight excluding hydrogens is 284 g/mol. The highest BCUT2D eigenvalue weighted by molar-refractivity contribution is 7.15. The average Bonchev–Trinajstić information content (AvgIpc) is 3.00. The van der Waals surface area contributed by atoms with Gasteiger partial charge in [0, 0.05) is 11.6 Å². The molecule has 2 heterocycles. The fourth-order valence-electron chi connectivity index (χ4n) is 1.77. The van der Waals surface area contributed by atoms with Gasteiger partial charge in [-0.3, -0.25) is 4.40 Å². The van der Waals surface area contributed by atoms with Crippen LogP contribution in [0.4, 0.5) is 0 Å². The second-order valence-electron chi connectivity index (χ2n) is 3.83. The zero-order chi connectivity index (χ0) is 13.2. The molecule has 6 heteroatoms. The van der Waals surface area contributed by atoms with Crippen LogP contribution in [0.15, 0.2) is 35.8 Å². The minimum atomic E-state index is 0.351. The Labute approximate surface area is 119 Å². The van der Waals surface area contributed by atoms with Crippen LogP contribution in [0.5, 0.6) is 17.4 Å². The summed E-state index contributed by atoms with van der Waals surface area (Å²) in [4.78, 5) is 5.30. The Balaban J connectivity index is 1.93. The van der Waals surface area contributed by atoms with E-state index in [0.29, 0.717) is 17.5 Å². The van der Waals surface area contributed by atoms with Gasteiger partial charge in [-0.15, -0.1) is 22.9 Å².